The average Bonchev–Trinajstić information content (AvgIpc) is 2.71. The van der Waals surface area contributed by atoms with Gasteiger partial charge in [0.1, 0.15) is 0 Å². The van der Waals surface area contributed by atoms with Crippen LogP contribution in [0.25, 0.3) is 0 Å². The van der Waals surface area contributed by atoms with Crippen LogP contribution in [0.3, 0.4) is 0 Å². The Kier molecular flexibility index (Phi) is 12.9. The molecule has 0 radical (unpaired) electrons. The number of nitrogens with zero attached hydrogens (tertiary/aromatic N) is 2. The third-order valence-electron chi connectivity index (χ3n) is 4.48. The standard InChI is InChI=1S/C22H40N4O3/c1-7-28-19(13-15-26(4)5)17-25-22(23-3)24-14-9-10-18-11-12-20(27-6)21(16-18)29-8-2/h11-12,16,19H,7-10,13-15,17H2,1-6H3,(H2,23,24,25). The summed E-state index contributed by atoms with van der Waals surface area (Å²) in [4.78, 5) is 6.49. The van der Waals surface area contributed by atoms with Gasteiger partial charge < -0.3 is 29.7 Å². The molecular weight excluding hydrogens is 368 g/mol. The summed E-state index contributed by atoms with van der Waals surface area (Å²) in [7, 11) is 7.62. The van der Waals surface area contributed by atoms with Crippen LogP contribution in [0.1, 0.15) is 32.3 Å². The Morgan fingerprint density at radius 1 is 1.14 bits per heavy atom. The second-order valence-corrected chi connectivity index (χ2v) is 7.07. The summed E-state index contributed by atoms with van der Waals surface area (Å²) in [5.41, 5.74) is 1.24. The molecule has 0 aliphatic rings. The second kappa shape index (κ2) is 14.9. The molecule has 1 rings (SSSR count). The highest BCUT2D eigenvalue weighted by atomic mass is 16.5. The molecule has 0 aliphatic carbocycles. The van der Waals surface area contributed by atoms with Crippen LogP contribution in [0, 0.1) is 0 Å². The van der Waals surface area contributed by atoms with Crippen molar-refractivity contribution in [2.24, 2.45) is 4.99 Å². The van der Waals surface area contributed by atoms with Gasteiger partial charge in [-0.3, -0.25) is 4.99 Å². The zero-order valence-corrected chi connectivity index (χ0v) is 19.1. The highest BCUT2D eigenvalue weighted by Crippen LogP contribution is 2.28. The normalized spacial score (nSPS) is 12.7. The Morgan fingerprint density at radius 2 is 1.93 bits per heavy atom. The van der Waals surface area contributed by atoms with Gasteiger partial charge in [0.15, 0.2) is 17.5 Å². The lowest BCUT2D eigenvalue weighted by molar-refractivity contribution is 0.0548. The lowest BCUT2D eigenvalue weighted by Gasteiger charge is -2.21. The van der Waals surface area contributed by atoms with E-state index in [4.69, 9.17) is 14.2 Å². The zero-order valence-electron chi connectivity index (χ0n) is 19.1. The van der Waals surface area contributed by atoms with Gasteiger partial charge in [0.05, 0.1) is 19.8 Å². The molecule has 0 bridgehead atoms. The minimum absolute atomic E-state index is 0.178. The van der Waals surface area contributed by atoms with Gasteiger partial charge in [-0.25, -0.2) is 0 Å². The topological polar surface area (TPSA) is 67.4 Å². The van der Waals surface area contributed by atoms with Crippen LogP contribution in [-0.4, -0.2) is 78.1 Å². The van der Waals surface area contributed by atoms with Crippen molar-refractivity contribution < 1.29 is 14.2 Å². The Hall–Kier alpha value is -1.99. The van der Waals surface area contributed by atoms with Gasteiger partial charge in [0.25, 0.3) is 0 Å². The molecule has 2 N–H and O–H groups in total. The SMILES string of the molecule is CCOc1cc(CCCNC(=NC)NCC(CCN(C)C)OCC)ccc1OC. The summed E-state index contributed by atoms with van der Waals surface area (Å²) >= 11 is 0. The lowest BCUT2D eigenvalue weighted by atomic mass is 10.1. The van der Waals surface area contributed by atoms with Crippen LogP contribution in [-0.2, 0) is 11.2 Å². The number of benzene rings is 1. The number of ether oxygens (including phenoxy) is 3. The highest BCUT2D eigenvalue weighted by molar-refractivity contribution is 5.79. The number of aryl methyl sites for hydroxylation is 1. The predicted octanol–water partition coefficient (Wildman–Crippen LogP) is 2.55. The van der Waals surface area contributed by atoms with E-state index in [1.807, 2.05) is 19.9 Å². The van der Waals surface area contributed by atoms with E-state index in [1.165, 1.54) is 5.56 Å². The van der Waals surface area contributed by atoms with Crippen molar-refractivity contribution in [3.8, 4) is 11.5 Å². The maximum atomic E-state index is 5.83. The monoisotopic (exact) mass is 408 g/mol. The molecule has 0 heterocycles. The first-order chi connectivity index (χ1) is 14.0. The van der Waals surface area contributed by atoms with Crippen molar-refractivity contribution in [3.05, 3.63) is 23.8 Å². The van der Waals surface area contributed by atoms with E-state index in [2.05, 4.69) is 46.8 Å². The largest absolute Gasteiger partial charge is 0.493 e. The van der Waals surface area contributed by atoms with Gasteiger partial charge in [-0.1, -0.05) is 6.07 Å². The molecule has 0 aromatic heterocycles. The van der Waals surface area contributed by atoms with Gasteiger partial charge in [-0.2, -0.15) is 0 Å². The number of nitrogens with one attached hydrogen (secondary N) is 2. The number of rotatable bonds is 14. The number of aliphatic imine (C=N–C) groups is 1. The highest BCUT2D eigenvalue weighted by Gasteiger charge is 2.10. The predicted molar refractivity (Wildman–Crippen MR) is 120 cm³/mol. The summed E-state index contributed by atoms with van der Waals surface area (Å²) < 4.78 is 16.8. The van der Waals surface area contributed by atoms with Crippen molar-refractivity contribution >= 4 is 5.96 Å². The summed E-state index contributed by atoms with van der Waals surface area (Å²) in [5.74, 6) is 2.39. The van der Waals surface area contributed by atoms with Gasteiger partial charge in [-0.15, -0.1) is 0 Å². The lowest BCUT2D eigenvalue weighted by Crippen LogP contribution is -2.42. The van der Waals surface area contributed by atoms with Crippen molar-refractivity contribution in [3.63, 3.8) is 0 Å². The van der Waals surface area contributed by atoms with Crippen LogP contribution in [0.5, 0.6) is 11.5 Å². The fourth-order valence-corrected chi connectivity index (χ4v) is 2.96. The number of guanidine groups is 1. The summed E-state index contributed by atoms with van der Waals surface area (Å²) in [6.07, 6.45) is 3.12. The van der Waals surface area contributed by atoms with E-state index in [9.17, 15) is 0 Å². The first-order valence-corrected chi connectivity index (χ1v) is 10.5. The minimum Gasteiger partial charge on any atom is -0.493 e. The maximum Gasteiger partial charge on any atom is 0.191 e. The smallest absolute Gasteiger partial charge is 0.191 e. The third-order valence-corrected chi connectivity index (χ3v) is 4.48. The summed E-state index contributed by atoms with van der Waals surface area (Å²) in [5, 5.41) is 6.76. The quantitative estimate of drug-likeness (QED) is 0.280. The number of methoxy groups -OCH3 is 1. The molecule has 0 fully saturated rings. The molecule has 1 atom stereocenters. The van der Waals surface area contributed by atoms with Gasteiger partial charge in [0, 0.05) is 33.3 Å². The second-order valence-electron chi connectivity index (χ2n) is 7.07. The number of hydrogen-bond donors (Lipinski definition) is 2. The molecule has 7 nitrogen and oxygen atoms in total. The van der Waals surface area contributed by atoms with E-state index < -0.39 is 0 Å². The molecule has 0 spiro atoms. The molecule has 166 valence electrons. The average molecular weight is 409 g/mol. The molecule has 0 aliphatic heterocycles. The van der Waals surface area contributed by atoms with E-state index in [0.717, 1.165) is 63.0 Å². The minimum atomic E-state index is 0.178. The third kappa shape index (κ3) is 10.4. The van der Waals surface area contributed by atoms with E-state index in [1.54, 1.807) is 14.2 Å². The summed E-state index contributed by atoms with van der Waals surface area (Å²) in [6, 6.07) is 6.12. The Morgan fingerprint density at radius 3 is 2.55 bits per heavy atom. The van der Waals surface area contributed by atoms with Gasteiger partial charge in [-0.05, 0) is 64.9 Å². The van der Waals surface area contributed by atoms with Crippen LogP contribution in [0.4, 0.5) is 0 Å². The molecular formula is C22H40N4O3. The molecule has 0 saturated carbocycles. The zero-order chi connectivity index (χ0) is 21.5. The van der Waals surface area contributed by atoms with Crippen LogP contribution in [0.15, 0.2) is 23.2 Å². The van der Waals surface area contributed by atoms with Gasteiger partial charge in [0.2, 0.25) is 0 Å². The van der Waals surface area contributed by atoms with E-state index in [0.29, 0.717) is 6.61 Å². The molecule has 0 saturated heterocycles. The first-order valence-electron chi connectivity index (χ1n) is 10.5. The summed E-state index contributed by atoms with van der Waals surface area (Å²) in [6.45, 7) is 7.95. The van der Waals surface area contributed by atoms with Crippen LogP contribution >= 0.6 is 0 Å². The molecule has 1 aromatic rings. The van der Waals surface area contributed by atoms with E-state index >= 15 is 0 Å². The molecule has 1 aromatic carbocycles. The van der Waals surface area contributed by atoms with Crippen molar-refractivity contribution in [2.45, 2.75) is 39.2 Å². The maximum absolute atomic E-state index is 5.83. The van der Waals surface area contributed by atoms with Crippen molar-refractivity contribution in [1.29, 1.82) is 0 Å². The Labute approximate surface area is 176 Å². The Bertz CT molecular complexity index is 593. The van der Waals surface area contributed by atoms with Crippen molar-refractivity contribution in [2.75, 3.05) is 61.1 Å². The van der Waals surface area contributed by atoms with Gasteiger partial charge >= 0.3 is 0 Å². The number of hydrogen-bond acceptors (Lipinski definition) is 5. The first kappa shape index (κ1) is 25.0. The van der Waals surface area contributed by atoms with Crippen molar-refractivity contribution in [1.82, 2.24) is 15.5 Å². The van der Waals surface area contributed by atoms with Crippen LogP contribution in [0.2, 0.25) is 0 Å². The fraction of sp³-hybridized carbons (Fsp3) is 0.682. The van der Waals surface area contributed by atoms with Crippen LogP contribution < -0.4 is 20.1 Å². The molecule has 1 unspecified atom stereocenters. The molecule has 7 heteroatoms. The molecule has 29 heavy (non-hydrogen) atoms. The molecule has 0 amide bonds. The van der Waals surface area contributed by atoms with E-state index in [-0.39, 0.29) is 6.10 Å². The Balaban J connectivity index is 2.40. The fourth-order valence-electron chi connectivity index (χ4n) is 2.96.